The van der Waals surface area contributed by atoms with Gasteiger partial charge in [-0.05, 0) is 36.7 Å². The molecule has 2 aliphatic rings. The average molecular weight is 310 g/mol. The number of hydrogen-bond acceptors (Lipinski definition) is 1. The number of fused-ring (bicyclic) bond motifs is 3. The number of rotatable bonds is 2. The molecule has 1 aliphatic carbocycles. The van der Waals surface area contributed by atoms with Gasteiger partial charge < -0.3 is 9.47 Å². The largest absolute Gasteiger partial charge is 0.350 e. The highest BCUT2D eigenvalue weighted by atomic mass is 16.2. The van der Waals surface area contributed by atoms with Crippen LogP contribution in [0.3, 0.4) is 0 Å². The van der Waals surface area contributed by atoms with Crippen LogP contribution in [0, 0.1) is 17.8 Å². The number of amides is 1. The minimum absolute atomic E-state index is 0.234. The summed E-state index contributed by atoms with van der Waals surface area (Å²) in [6.07, 6.45) is 5.74. The molecular weight excluding hydrogens is 284 g/mol. The van der Waals surface area contributed by atoms with Gasteiger partial charge in [-0.15, -0.1) is 0 Å². The molecule has 4 atom stereocenters. The third kappa shape index (κ3) is 2.20. The molecule has 1 aromatic carbocycles. The van der Waals surface area contributed by atoms with E-state index in [2.05, 4.69) is 35.4 Å². The van der Waals surface area contributed by atoms with Crippen molar-refractivity contribution in [2.75, 3.05) is 6.54 Å². The zero-order chi connectivity index (χ0) is 16.1. The molecule has 122 valence electrons. The lowest BCUT2D eigenvalue weighted by Crippen LogP contribution is -2.39. The van der Waals surface area contributed by atoms with E-state index in [0.717, 1.165) is 28.9 Å². The summed E-state index contributed by atoms with van der Waals surface area (Å²) in [4.78, 5) is 15.5. The molecule has 0 N–H and O–H groups in total. The Kier molecular flexibility index (Phi) is 3.47. The minimum atomic E-state index is 0.234. The Morgan fingerprint density at radius 3 is 2.83 bits per heavy atom. The summed E-state index contributed by atoms with van der Waals surface area (Å²) in [6, 6.07) is 8.66. The Morgan fingerprint density at radius 2 is 2.04 bits per heavy atom. The number of nitrogens with zero attached hydrogens (tertiary/aromatic N) is 2. The van der Waals surface area contributed by atoms with Crippen LogP contribution >= 0.6 is 0 Å². The van der Waals surface area contributed by atoms with Crippen LogP contribution in [-0.2, 0) is 7.05 Å². The van der Waals surface area contributed by atoms with Crippen LogP contribution in [0.4, 0.5) is 0 Å². The second kappa shape index (κ2) is 5.40. The molecule has 1 aliphatic heterocycles. The lowest BCUT2D eigenvalue weighted by atomic mass is 9.74. The van der Waals surface area contributed by atoms with Crippen molar-refractivity contribution >= 4 is 16.8 Å². The Labute approximate surface area is 138 Å². The molecule has 1 saturated heterocycles. The van der Waals surface area contributed by atoms with Gasteiger partial charge in [0.1, 0.15) is 0 Å². The molecule has 2 fully saturated rings. The van der Waals surface area contributed by atoms with E-state index >= 15 is 0 Å². The third-order valence-electron chi connectivity index (χ3n) is 6.36. The van der Waals surface area contributed by atoms with Crippen LogP contribution in [0.5, 0.6) is 0 Å². The lowest BCUT2D eigenvalue weighted by Gasteiger charge is -2.33. The number of aromatic nitrogens is 1. The summed E-state index contributed by atoms with van der Waals surface area (Å²) in [5.74, 6) is 2.37. The molecule has 0 spiro atoms. The Hall–Kier alpha value is -1.77. The fourth-order valence-electron chi connectivity index (χ4n) is 4.88. The summed E-state index contributed by atoms with van der Waals surface area (Å²) < 4.78 is 2.07. The van der Waals surface area contributed by atoms with E-state index in [1.807, 2.05) is 25.4 Å². The van der Waals surface area contributed by atoms with Gasteiger partial charge in [0.2, 0.25) is 0 Å². The first-order valence-electron chi connectivity index (χ1n) is 8.95. The number of hydrogen-bond donors (Lipinski definition) is 0. The molecule has 1 amide bonds. The fourth-order valence-corrected chi connectivity index (χ4v) is 4.88. The van der Waals surface area contributed by atoms with Crippen molar-refractivity contribution < 1.29 is 4.79 Å². The predicted molar refractivity (Wildman–Crippen MR) is 93.4 cm³/mol. The number of aryl methyl sites for hydroxylation is 1. The van der Waals surface area contributed by atoms with E-state index in [1.54, 1.807) is 0 Å². The third-order valence-corrected chi connectivity index (χ3v) is 6.36. The van der Waals surface area contributed by atoms with Gasteiger partial charge in [0.15, 0.2) is 0 Å². The molecule has 3 heteroatoms. The molecule has 2 heterocycles. The van der Waals surface area contributed by atoms with Gasteiger partial charge in [0.25, 0.3) is 5.91 Å². The zero-order valence-electron chi connectivity index (χ0n) is 14.3. The number of likely N-dealkylation sites (tertiary alicyclic amines) is 1. The molecule has 1 unspecified atom stereocenters. The molecule has 0 radical (unpaired) electrons. The zero-order valence-corrected chi connectivity index (χ0v) is 14.3. The number of carbonyl (C=O) groups excluding carboxylic acids is 1. The molecule has 3 nitrogen and oxygen atoms in total. The summed E-state index contributed by atoms with van der Waals surface area (Å²) in [5.41, 5.74) is 2.01. The quantitative estimate of drug-likeness (QED) is 0.820. The van der Waals surface area contributed by atoms with Crippen molar-refractivity contribution in [1.82, 2.24) is 9.47 Å². The first-order chi connectivity index (χ1) is 11.1. The Morgan fingerprint density at radius 1 is 1.26 bits per heavy atom. The monoisotopic (exact) mass is 310 g/mol. The summed E-state index contributed by atoms with van der Waals surface area (Å²) in [5, 5.41) is 1.08. The summed E-state index contributed by atoms with van der Waals surface area (Å²) >= 11 is 0. The Balaban J connectivity index is 1.69. The molecule has 1 saturated carbocycles. The minimum Gasteiger partial charge on any atom is -0.350 e. The summed E-state index contributed by atoms with van der Waals surface area (Å²) in [7, 11) is 2.03. The normalized spacial score (nSPS) is 30.1. The van der Waals surface area contributed by atoms with Crippen molar-refractivity contribution in [3.8, 4) is 0 Å². The second-order valence-corrected chi connectivity index (χ2v) is 7.56. The van der Waals surface area contributed by atoms with Crippen molar-refractivity contribution in [3.05, 3.63) is 36.0 Å². The highest BCUT2D eigenvalue weighted by Gasteiger charge is 2.46. The number of benzene rings is 1. The van der Waals surface area contributed by atoms with Crippen LogP contribution in [0.1, 0.15) is 43.5 Å². The average Bonchev–Trinajstić information content (AvgIpc) is 2.97. The first kappa shape index (κ1) is 14.8. The predicted octanol–water partition coefficient (Wildman–Crippen LogP) is 4.08. The van der Waals surface area contributed by atoms with Gasteiger partial charge >= 0.3 is 0 Å². The highest BCUT2D eigenvalue weighted by Crippen LogP contribution is 2.44. The smallest absolute Gasteiger partial charge is 0.256 e. The van der Waals surface area contributed by atoms with E-state index in [4.69, 9.17) is 0 Å². The maximum Gasteiger partial charge on any atom is 0.256 e. The van der Waals surface area contributed by atoms with Gasteiger partial charge in [-0.3, -0.25) is 4.79 Å². The van der Waals surface area contributed by atoms with Gasteiger partial charge in [0, 0.05) is 36.7 Å². The van der Waals surface area contributed by atoms with Gasteiger partial charge in [-0.1, -0.05) is 38.5 Å². The molecule has 4 rings (SSSR count). The molecule has 2 aromatic rings. The van der Waals surface area contributed by atoms with Crippen LogP contribution in [-0.4, -0.2) is 28.0 Å². The van der Waals surface area contributed by atoms with Crippen LogP contribution in [0.2, 0.25) is 0 Å². The second-order valence-electron chi connectivity index (χ2n) is 7.56. The summed E-state index contributed by atoms with van der Waals surface area (Å²) in [6.45, 7) is 5.58. The SMILES string of the molecule is CCC1C[C@@H]2CN(C(=O)c3cn(C)c4ccccc34)[C@H](C1)[C@@H]2C. The van der Waals surface area contributed by atoms with Gasteiger partial charge in [-0.2, -0.15) is 0 Å². The van der Waals surface area contributed by atoms with Crippen LogP contribution in [0.25, 0.3) is 10.9 Å². The highest BCUT2D eigenvalue weighted by molar-refractivity contribution is 6.07. The molecule has 2 bridgehead atoms. The van der Waals surface area contributed by atoms with E-state index in [-0.39, 0.29) is 5.91 Å². The van der Waals surface area contributed by atoms with Crippen molar-refractivity contribution in [2.24, 2.45) is 24.8 Å². The van der Waals surface area contributed by atoms with E-state index in [1.165, 1.54) is 19.3 Å². The number of para-hydroxylation sites is 1. The van der Waals surface area contributed by atoms with Crippen LogP contribution < -0.4 is 0 Å². The molecule has 23 heavy (non-hydrogen) atoms. The molecular formula is C20H26N2O. The van der Waals surface area contributed by atoms with Crippen molar-refractivity contribution in [2.45, 2.75) is 39.2 Å². The number of carbonyl (C=O) groups is 1. The van der Waals surface area contributed by atoms with E-state index < -0.39 is 0 Å². The van der Waals surface area contributed by atoms with Gasteiger partial charge in [0.05, 0.1) is 5.56 Å². The molecule has 1 aromatic heterocycles. The van der Waals surface area contributed by atoms with Crippen LogP contribution in [0.15, 0.2) is 30.5 Å². The topological polar surface area (TPSA) is 25.2 Å². The standard InChI is InChI=1S/C20H26N2O/c1-4-14-9-15-11-22(19(10-14)13(15)2)20(23)17-12-21(3)18-8-6-5-7-16(17)18/h5-8,12-15,19H,4,9-11H2,1-3H3/t13-,14?,15-,19-/m1/s1. The Bertz CT molecular complexity index is 747. The fraction of sp³-hybridized carbons (Fsp3) is 0.550. The van der Waals surface area contributed by atoms with Gasteiger partial charge in [-0.25, -0.2) is 0 Å². The van der Waals surface area contributed by atoms with E-state index in [9.17, 15) is 4.79 Å². The van der Waals surface area contributed by atoms with Crippen molar-refractivity contribution in [1.29, 1.82) is 0 Å². The maximum absolute atomic E-state index is 13.3. The lowest BCUT2D eigenvalue weighted by molar-refractivity contribution is 0.0700. The first-order valence-corrected chi connectivity index (χ1v) is 8.95. The van der Waals surface area contributed by atoms with E-state index in [0.29, 0.717) is 17.9 Å². The van der Waals surface area contributed by atoms with Crippen molar-refractivity contribution in [3.63, 3.8) is 0 Å². The maximum atomic E-state index is 13.3.